The second-order valence-corrected chi connectivity index (χ2v) is 5.11. The van der Waals surface area contributed by atoms with Gasteiger partial charge in [-0.1, -0.05) is 29.3 Å². The third-order valence-corrected chi connectivity index (χ3v) is 3.92. The van der Waals surface area contributed by atoms with Gasteiger partial charge < -0.3 is 5.84 Å². The Morgan fingerprint density at radius 2 is 2.24 bits per heavy atom. The first-order chi connectivity index (χ1) is 10.1. The van der Waals surface area contributed by atoms with E-state index in [4.69, 9.17) is 34.5 Å². The molecule has 106 valence electrons. The SMILES string of the molecule is N=C(/C=N\N)n1cc(-c2cn[nH]c2)c2ccc(Cl)c(Cl)c21. The number of hydrazone groups is 1. The summed E-state index contributed by atoms with van der Waals surface area (Å²) in [4.78, 5) is 0. The van der Waals surface area contributed by atoms with Crippen LogP contribution in [-0.4, -0.2) is 26.8 Å². The second-order valence-electron chi connectivity index (χ2n) is 4.32. The van der Waals surface area contributed by atoms with E-state index in [1.165, 1.54) is 6.21 Å². The summed E-state index contributed by atoms with van der Waals surface area (Å²) < 4.78 is 1.59. The minimum absolute atomic E-state index is 0.0846. The van der Waals surface area contributed by atoms with Gasteiger partial charge >= 0.3 is 0 Å². The standard InChI is InChI=1S/C13H10Cl2N6/c14-10-2-1-8-9(7-3-19-20-4-7)6-21(11(16)5-18-17)13(8)12(10)15/h1-6,16H,17H2,(H,19,20)/b16-11?,18-5-. The maximum absolute atomic E-state index is 8.03. The molecule has 6 nitrogen and oxygen atoms in total. The van der Waals surface area contributed by atoms with Crippen molar-refractivity contribution < 1.29 is 0 Å². The number of nitrogens with two attached hydrogens (primary N) is 1. The number of nitrogens with zero attached hydrogens (tertiary/aromatic N) is 3. The van der Waals surface area contributed by atoms with E-state index < -0.39 is 0 Å². The van der Waals surface area contributed by atoms with Crippen LogP contribution in [0.3, 0.4) is 0 Å². The molecule has 0 aliphatic carbocycles. The summed E-state index contributed by atoms with van der Waals surface area (Å²) >= 11 is 12.4. The van der Waals surface area contributed by atoms with Crippen molar-refractivity contribution in [2.24, 2.45) is 10.9 Å². The summed E-state index contributed by atoms with van der Waals surface area (Å²) in [5.41, 5.74) is 2.40. The summed E-state index contributed by atoms with van der Waals surface area (Å²) in [6.45, 7) is 0. The van der Waals surface area contributed by atoms with Gasteiger partial charge in [0.2, 0.25) is 0 Å². The molecule has 3 aromatic rings. The minimum Gasteiger partial charge on any atom is -0.323 e. The molecule has 0 radical (unpaired) electrons. The van der Waals surface area contributed by atoms with Crippen molar-refractivity contribution in [3.8, 4) is 11.1 Å². The summed E-state index contributed by atoms with van der Waals surface area (Å²) in [6.07, 6.45) is 6.47. The van der Waals surface area contributed by atoms with E-state index in [1.807, 2.05) is 6.07 Å². The van der Waals surface area contributed by atoms with Crippen LogP contribution >= 0.6 is 23.2 Å². The van der Waals surface area contributed by atoms with Gasteiger partial charge in [0.1, 0.15) is 5.84 Å². The first-order valence-electron chi connectivity index (χ1n) is 5.94. The Morgan fingerprint density at radius 1 is 1.43 bits per heavy atom. The van der Waals surface area contributed by atoms with Gasteiger partial charge in [-0.05, 0) is 6.07 Å². The van der Waals surface area contributed by atoms with Crippen molar-refractivity contribution in [2.45, 2.75) is 0 Å². The molecule has 2 aromatic heterocycles. The molecule has 0 spiro atoms. The Balaban J connectivity index is 2.37. The Kier molecular flexibility index (Phi) is 3.40. The van der Waals surface area contributed by atoms with E-state index in [1.54, 1.807) is 29.2 Å². The number of aromatic amines is 1. The van der Waals surface area contributed by atoms with Gasteiger partial charge in [0.05, 0.1) is 28.0 Å². The third-order valence-electron chi connectivity index (χ3n) is 3.12. The number of rotatable bonds is 2. The van der Waals surface area contributed by atoms with E-state index in [9.17, 15) is 0 Å². The molecule has 0 atom stereocenters. The molecule has 0 amide bonds. The number of aromatic nitrogens is 3. The van der Waals surface area contributed by atoms with Crippen molar-refractivity contribution in [1.29, 1.82) is 5.41 Å². The topological polar surface area (TPSA) is 95.8 Å². The molecule has 0 bridgehead atoms. The lowest BCUT2D eigenvalue weighted by Crippen LogP contribution is -2.11. The maximum atomic E-state index is 8.03. The minimum atomic E-state index is 0.0846. The van der Waals surface area contributed by atoms with Gasteiger partial charge in [-0.3, -0.25) is 15.1 Å². The number of H-pyrrole nitrogens is 1. The van der Waals surface area contributed by atoms with E-state index in [2.05, 4.69) is 15.3 Å². The predicted octanol–water partition coefficient (Wildman–Crippen LogP) is 3.11. The van der Waals surface area contributed by atoms with Crippen molar-refractivity contribution in [2.75, 3.05) is 0 Å². The fraction of sp³-hybridized carbons (Fsp3) is 0. The largest absolute Gasteiger partial charge is 0.323 e. The highest BCUT2D eigenvalue weighted by Crippen LogP contribution is 2.37. The Bertz CT molecular complexity index is 847. The average Bonchev–Trinajstić information content (AvgIpc) is 3.10. The van der Waals surface area contributed by atoms with Gasteiger partial charge in [-0.25, -0.2) is 0 Å². The highest BCUT2D eigenvalue weighted by Gasteiger charge is 2.17. The molecule has 0 saturated carbocycles. The monoisotopic (exact) mass is 320 g/mol. The van der Waals surface area contributed by atoms with Crippen molar-refractivity contribution in [3.05, 3.63) is 40.8 Å². The van der Waals surface area contributed by atoms with Crippen LogP contribution in [0.15, 0.2) is 35.8 Å². The zero-order valence-electron chi connectivity index (χ0n) is 10.6. The zero-order valence-corrected chi connectivity index (χ0v) is 12.2. The van der Waals surface area contributed by atoms with Crippen LogP contribution in [0, 0.1) is 5.41 Å². The number of nitrogens with one attached hydrogen (secondary N) is 2. The molecule has 1 aromatic carbocycles. The summed E-state index contributed by atoms with van der Waals surface area (Å²) in [5.74, 6) is 5.21. The Hall–Kier alpha value is -2.31. The second kappa shape index (κ2) is 5.23. The molecule has 0 fully saturated rings. The van der Waals surface area contributed by atoms with Gasteiger partial charge in [-0.15, -0.1) is 0 Å². The lowest BCUT2D eigenvalue weighted by Gasteiger charge is -2.04. The number of hydrogen-bond acceptors (Lipinski definition) is 4. The van der Waals surface area contributed by atoms with E-state index in [0.717, 1.165) is 16.5 Å². The number of benzene rings is 1. The van der Waals surface area contributed by atoms with E-state index >= 15 is 0 Å². The highest BCUT2D eigenvalue weighted by atomic mass is 35.5. The number of hydrogen-bond donors (Lipinski definition) is 3. The third kappa shape index (κ3) is 2.18. The lowest BCUT2D eigenvalue weighted by atomic mass is 10.1. The molecular weight excluding hydrogens is 311 g/mol. The van der Waals surface area contributed by atoms with Crippen LogP contribution in [0.1, 0.15) is 0 Å². The summed E-state index contributed by atoms with van der Waals surface area (Å²) in [6, 6.07) is 3.58. The van der Waals surface area contributed by atoms with Crippen LogP contribution in [0.25, 0.3) is 22.0 Å². The van der Waals surface area contributed by atoms with Gasteiger partial charge in [0, 0.05) is 28.9 Å². The van der Waals surface area contributed by atoms with Crippen LogP contribution in [0.2, 0.25) is 10.0 Å². The predicted molar refractivity (Wildman–Crippen MR) is 85.3 cm³/mol. The van der Waals surface area contributed by atoms with E-state index in [-0.39, 0.29) is 5.84 Å². The van der Waals surface area contributed by atoms with Gasteiger partial charge in [-0.2, -0.15) is 10.2 Å². The number of fused-ring (bicyclic) bond motifs is 1. The van der Waals surface area contributed by atoms with Crippen LogP contribution in [-0.2, 0) is 0 Å². The zero-order chi connectivity index (χ0) is 15.0. The van der Waals surface area contributed by atoms with Crippen molar-refractivity contribution in [1.82, 2.24) is 14.8 Å². The quantitative estimate of drug-likeness (QED) is 0.293. The smallest absolute Gasteiger partial charge is 0.150 e. The van der Waals surface area contributed by atoms with Crippen molar-refractivity contribution >= 4 is 46.2 Å². The van der Waals surface area contributed by atoms with Gasteiger partial charge in [0.25, 0.3) is 0 Å². The number of halogens is 2. The van der Waals surface area contributed by atoms with Gasteiger partial charge in [0.15, 0.2) is 0 Å². The molecular formula is C13H10Cl2N6. The molecule has 4 N–H and O–H groups in total. The van der Waals surface area contributed by atoms with Crippen LogP contribution < -0.4 is 5.84 Å². The van der Waals surface area contributed by atoms with Crippen LogP contribution in [0.4, 0.5) is 0 Å². The fourth-order valence-corrected chi connectivity index (χ4v) is 2.62. The maximum Gasteiger partial charge on any atom is 0.150 e. The molecule has 8 heteroatoms. The molecule has 0 aliphatic heterocycles. The molecule has 0 unspecified atom stereocenters. The first-order valence-corrected chi connectivity index (χ1v) is 6.69. The summed E-state index contributed by atoms with van der Waals surface area (Å²) in [5, 5.41) is 19.8. The fourth-order valence-electron chi connectivity index (χ4n) is 2.21. The molecule has 2 heterocycles. The normalized spacial score (nSPS) is 11.5. The van der Waals surface area contributed by atoms with Crippen LogP contribution in [0.5, 0.6) is 0 Å². The lowest BCUT2D eigenvalue weighted by molar-refractivity contribution is 1.09. The molecule has 0 saturated heterocycles. The molecule has 3 rings (SSSR count). The molecule has 0 aliphatic rings. The highest BCUT2D eigenvalue weighted by molar-refractivity contribution is 6.46. The summed E-state index contributed by atoms with van der Waals surface area (Å²) in [7, 11) is 0. The van der Waals surface area contributed by atoms with E-state index in [0.29, 0.717) is 15.6 Å². The Labute approximate surface area is 129 Å². The van der Waals surface area contributed by atoms with Crippen molar-refractivity contribution in [3.63, 3.8) is 0 Å². The molecule has 21 heavy (non-hydrogen) atoms. The first kappa shape index (κ1) is 13.7. The Morgan fingerprint density at radius 3 is 2.90 bits per heavy atom. The average molecular weight is 321 g/mol.